The molecule has 1 heterocycles. The molecule has 0 aromatic carbocycles. The average molecular weight is 220 g/mol. The van der Waals surface area contributed by atoms with Gasteiger partial charge in [0.05, 0.1) is 12.5 Å². The van der Waals surface area contributed by atoms with E-state index in [1.165, 1.54) is 0 Å². The van der Waals surface area contributed by atoms with Gasteiger partial charge in [0.25, 0.3) is 0 Å². The van der Waals surface area contributed by atoms with E-state index in [2.05, 4.69) is 4.90 Å². The summed E-state index contributed by atoms with van der Waals surface area (Å²) in [4.78, 5) is 13.7. The van der Waals surface area contributed by atoms with Crippen molar-refractivity contribution in [1.29, 1.82) is 0 Å². The van der Waals surface area contributed by atoms with E-state index < -0.39 is 0 Å². The van der Waals surface area contributed by atoms with Gasteiger partial charge >= 0.3 is 5.97 Å². The van der Waals surface area contributed by atoms with Crippen LogP contribution in [0.1, 0.15) is 19.8 Å². The van der Waals surface area contributed by atoms with Crippen LogP contribution in [-0.2, 0) is 9.53 Å². The standard InChI is InChI=1S/C10H18ClNO2/c1-2-14-10(13)9-4-3-6-12(8-9)7-5-11/h9H,2-8H2,1H3/t9-/m1/s1. The zero-order valence-electron chi connectivity index (χ0n) is 8.67. The van der Waals surface area contributed by atoms with Gasteiger partial charge in [0.1, 0.15) is 0 Å². The highest BCUT2D eigenvalue weighted by atomic mass is 35.5. The lowest BCUT2D eigenvalue weighted by atomic mass is 9.98. The highest BCUT2D eigenvalue weighted by Gasteiger charge is 2.26. The Bertz CT molecular complexity index is 185. The Morgan fingerprint density at radius 1 is 1.64 bits per heavy atom. The summed E-state index contributed by atoms with van der Waals surface area (Å²) in [6.07, 6.45) is 2.03. The third-order valence-corrected chi connectivity index (χ3v) is 2.70. The van der Waals surface area contributed by atoms with Crippen LogP contribution < -0.4 is 0 Å². The van der Waals surface area contributed by atoms with Crippen molar-refractivity contribution >= 4 is 17.6 Å². The molecule has 0 unspecified atom stereocenters. The first-order chi connectivity index (χ1) is 6.77. The smallest absolute Gasteiger partial charge is 0.310 e. The van der Waals surface area contributed by atoms with Crippen molar-refractivity contribution in [2.45, 2.75) is 19.8 Å². The Balaban J connectivity index is 2.35. The maximum atomic E-state index is 11.5. The lowest BCUT2D eigenvalue weighted by molar-refractivity contribution is -0.149. The number of carbonyl (C=O) groups excluding carboxylic acids is 1. The number of hydrogen-bond donors (Lipinski definition) is 0. The topological polar surface area (TPSA) is 29.5 Å². The van der Waals surface area contributed by atoms with E-state index in [9.17, 15) is 4.79 Å². The first-order valence-corrected chi connectivity index (χ1v) is 5.76. The van der Waals surface area contributed by atoms with Gasteiger partial charge in [-0.2, -0.15) is 0 Å². The summed E-state index contributed by atoms with van der Waals surface area (Å²) in [5, 5.41) is 0. The zero-order valence-corrected chi connectivity index (χ0v) is 9.42. The molecule has 1 atom stereocenters. The molecule has 0 bridgehead atoms. The molecule has 0 saturated carbocycles. The van der Waals surface area contributed by atoms with Crippen molar-refractivity contribution < 1.29 is 9.53 Å². The predicted molar refractivity (Wildman–Crippen MR) is 56.5 cm³/mol. The maximum absolute atomic E-state index is 11.5. The van der Waals surface area contributed by atoms with Crippen LogP contribution in [0.3, 0.4) is 0 Å². The molecule has 0 radical (unpaired) electrons. The molecule has 82 valence electrons. The summed E-state index contributed by atoms with van der Waals surface area (Å²) in [6, 6.07) is 0. The number of nitrogens with zero attached hydrogens (tertiary/aromatic N) is 1. The molecule has 0 spiro atoms. The van der Waals surface area contributed by atoms with Gasteiger partial charge < -0.3 is 9.64 Å². The molecule has 1 rings (SSSR count). The second-order valence-electron chi connectivity index (χ2n) is 3.58. The molecule has 14 heavy (non-hydrogen) atoms. The van der Waals surface area contributed by atoms with E-state index in [4.69, 9.17) is 16.3 Å². The monoisotopic (exact) mass is 219 g/mol. The number of rotatable bonds is 4. The predicted octanol–water partition coefficient (Wildman–Crippen LogP) is 1.50. The Morgan fingerprint density at radius 2 is 2.43 bits per heavy atom. The largest absolute Gasteiger partial charge is 0.466 e. The van der Waals surface area contributed by atoms with Crippen molar-refractivity contribution in [3.05, 3.63) is 0 Å². The van der Waals surface area contributed by atoms with Gasteiger partial charge in [-0.25, -0.2) is 0 Å². The van der Waals surface area contributed by atoms with E-state index in [1.807, 2.05) is 6.92 Å². The number of carbonyl (C=O) groups is 1. The summed E-state index contributed by atoms with van der Waals surface area (Å²) >= 11 is 5.67. The zero-order chi connectivity index (χ0) is 10.4. The summed E-state index contributed by atoms with van der Waals surface area (Å²) in [6.45, 7) is 5.06. The highest BCUT2D eigenvalue weighted by Crippen LogP contribution is 2.17. The number of piperidine rings is 1. The van der Waals surface area contributed by atoms with Gasteiger partial charge in [-0.15, -0.1) is 11.6 Å². The molecule has 1 aliphatic rings. The summed E-state index contributed by atoms with van der Waals surface area (Å²) in [5.74, 6) is 0.647. The minimum absolute atomic E-state index is 0.0493. The van der Waals surface area contributed by atoms with Crippen molar-refractivity contribution in [2.24, 2.45) is 5.92 Å². The molecule has 0 amide bonds. The lowest BCUT2D eigenvalue weighted by Gasteiger charge is -2.30. The van der Waals surface area contributed by atoms with Crippen LogP contribution in [0.25, 0.3) is 0 Å². The van der Waals surface area contributed by atoms with Crippen molar-refractivity contribution in [3.8, 4) is 0 Å². The molecule has 1 fully saturated rings. The van der Waals surface area contributed by atoms with Gasteiger partial charge in [0.2, 0.25) is 0 Å². The van der Waals surface area contributed by atoms with Crippen LogP contribution in [-0.4, -0.2) is 43.0 Å². The summed E-state index contributed by atoms with van der Waals surface area (Å²) in [7, 11) is 0. The number of alkyl halides is 1. The van der Waals surface area contributed by atoms with E-state index in [0.29, 0.717) is 12.5 Å². The number of esters is 1. The number of ether oxygens (including phenoxy) is 1. The van der Waals surface area contributed by atoms with Crippen molar-refractivity contribution in [3.63, 3.8) is 0 Å². The molecule has 0 N–H and O–H groups in total. The second-order valence-corrected chi connectivity index (χ2v) is 3.96. The Morgan fingerprint density at radius 3 is 3.07 bits per heavy atom. The van der Waals surface area contributed by atoms with Crippen LogP contribution in [0.2, 0.25) is 0 Å². The molecular weight excluding hydrogens is 202 g/mol. The third-order valence-electron chi connectivity index (χ3n) is 2.53. The van der Waals surface area contributed by atoms with Gasteiger partial charge in [0.15, 0.2) is 0 Å². The number of likely N-dealkylation sites (tertiary alicyclic amines) is 1. The van der Waals surface area contributed by atoms with Gasteiger partial charge in [0, 0.05) is 19.0 Å². The molecular formula is C10H18ClNO2. The summed E-state index contributed by atoms with van der Waals surface area (Å²) < 4.78 is 5.01. The molecule has 4 heteroatoms. The first kappa shape index (κ1) is 11.8. The molecule has 3 nitrogen and oxygen atoms in total. The Kier molecular flexibility index (Phi) is 5.26. The molecule has 1 aliphatic heterocycles. The normalized spacial score (nSPS) is 23.4. The number of halogens is 1. The van der Waals surface area contributed by atoms with E-state index in [-0.39, 0.29) is 11.9 Å². The van der Waals surface area contributed by atoms with Crippen LogP contribution in [0.4, 0.5) is 0 Å². The fourth-order valence-corrected chi connectivity index (χ4v) is 2.07. The minimum atomic E-state index is -0.0493. The first-order valence-electron chi connectivity index (χ1n) is 5.23. The Labute approximate surface area is 90.4 Å². The van der Waals surface area contributed by atoms with Gasteiger partial charge in [-0.3, -0.25) is 4.79 Å². The SMILES string of the molecule is CCOC(=O)[C@@H]1CCCN(CCCl)C1. The average Bonchev–Trinajstić information content (AvgIpc) is 2.19. The van der Waals surface area contributed by atoms with E-state index >= 15 is 0 Å². The van der Waals surface area contributed by atoms with Crippen molar-refractivity contribution in [1.82, 2.24) is 4.90 Å². The van der Waals surface area contributed by atoms with E-state index in [0.717, 1.165) is 32.5 Å². The van der Waals surface area contributed by atoms with Crippen LogP contribution in [0.5, 0.6) is 0 Å². The molecule has 0 aromatic rings. The second kappa shape index (κ2) is 6.25. The summed E-state index contributed by atoms with van der Waals surface area (Å²) in [5.41, 5.74) is 0. The minimum Gasteiger partial charge on any atom is -0.466 e. The lowest BCUT2D eigenvalue weighted by Crippen LogP contribution is -2.40. The third kappa shape index (κ3) is 3.46. The van der Waals surface area contributed by atoms with Crippen molar-refractivity contribution in [2.75, 3.05) is 32.1 Å². The maximum Gasteiger partial charge on any atom is 0.310 e. The fraction of sp³-hybridized carbons (Fsp3) is 0.900. The Hall–Kier alpha value is -0.280. The van der Waals surface area contributed by atoms with Gasteiger partial charge in [-0.05, 0) is 26.3 Å². The van der Waals surface area contributed by atoms with Crippen LogP contribution >= 0.6 is 11.6 Å². The van der Waals surface area contributed by atoms with Gasteiger partial charge in [-0.1, -0.05) is 0 Å². The fourth-order valence-electron chi connectivity index (χ4n) is 1.83. The highest BCUT2D eigenvalue weighted by molar-refractivity contribution is 6.18. The van der Waals surface area contributed by atoms with E-state index in [1.54, 1.807) is 0 Å². The number of hydrogen-bond acceptors (Lipinski definition) is 3. The molecule has 0 aromatic heterocycles. The van der Waals surface area contributed by atoms with Crippen LogP contribution in [0.15, 0.2) is 0 Å². The molecule has 0 aliphatic carbocycles. The molecule has 1 saturated heterocycles. The van der Waals surface area contributed by atoms with Crippen LogP contribution in [0, 0.1) is 5.92 Å². The quantitative estimate of drug-likeness (QED) is 0.530.